The Kier molecular flexibility index (Phi) is 6.84. The number of carbonyl (C=O) groups is 1. The molecule has 6 heteroatoms. The van der Waals surface area contributed by atoms with Crippen LogP contribution >= 0.6 is 11.8 Å². The van der Waals surface area contributed by atoms with E-state index in [2.05, 4.69) is 37.5 Å². The average molecular weight is 463 g/mol. The van der Waals surface area contributed by atoms with Crippen molar-refractivity contribution in [2.75, 3.05) is 6.61 Å². The van der Waals surface area contributed by atoms with Gasteiger partial charge in [0.1, 0.15) is 5.82 Å². The minimum atomic E-state index is -0.362. The maximum Gasteiger partial charge on any atom is 0.338 e. The molecule has 33 heavy (non-hydrogen) atoms. The second-order valence-electron chi connectivity index (χ2n) is 8.20. The normalized spacial score (nSPS) is 11.2. The lowest BCUT2D eigenvalue weighted by Gasteiger charge is -2.13. The molecule has 170 valence electrons. The fourth-order valence-corrected chi connectivity index (χ4v) is 5.31. The fourth-order valence-electron chi connectivity index (χ4n) is 4.10. The Bertz CT molecular complexity index is 1310. The number of hydrogen-bond donors (Lipinski definition) is 0. The van der Waals surface area contributed by atoms with Crippen molar-refractivity contribution in [1.29, 1.82) is 0 Å². The quantitative estimate of drug-likeness (QED) is 0.229. The average Bonchev–Trinajstić information content (AvgIpc) is 3.09. The van der Waals surface area contributed by atoms with Gasteiger partial charge in [-0.25, -0.2) is 14.2 Å². The monoisotopic (exact) mass is 462 g/mol. The second kappa shape index (κ2) is 9.79. The van der Waals surface area contributed by atoms with E-state index in [9.17, 15) is 9.18 Å². The third-order valence-corrected chi connectivity index (χ3v) is 6.64. The van der Waals surface area contributed by atoms with Gasteiger partial charge >= 0.3 is 5.97 Å². The van der Waals surface area contributed by atoms with Gasteiger partial charge in [-0.15, -0.1) is 0 Å². The van der Waals surface area contributed by atoms with E-state index >= 15 is 0 Å². The predicted octanol–water partition coefficient (Wildman–Crippen LogP) is 6.62. The first-order valence-corrected chi connectivity index (χ1v) is 12.0. The summed E-state index contributed by atoms with van der Waals surface area (Å²) in [7, 11) is 0. The second-order valence-corrected chi connectivity index (χ2v) is 9.14. The van der Waals surface area contributed by atoms with Gasteiger partial charge in [-0.1, -0.05) is 41.6 Å². The molecule has 1 aromatic heterocycles. The van der Waals surface area contributed by atoms with Gasteiger partial charge in [-0.2, -0.15) is 0 Å². The third-order valence-electron chi connectivity index (χ3n) is 5.64. The van der Waals surface area contributed by atoms with E-state index in [1.165, 1.54) is 28.3 Å². The molecule has 0 spiro atoms. The summed E-state index contributed by atoms with van der Waals surface area (Å²) in [4.78, 5) is 17.1. The number of esters is 1. The third kappa shape index (κ3) is 5.11. The van der Waals surface area contributed by atoms with E-state index in [4.69, 9.17) is 9.72 Å². The smallest absolute Gasteiger partial charge is 0.338 e. The first kappa shape index (κ1) is 23.1. The van der Waals surface area contributed by atoms with Crippen LogP contribution in [0.4, 0.5) is 4.39 Å². The van der Waals surface area contributed by atoms with Gasteiger partial charge in [0.25, 0.3) is 0 Å². The van der Waals surface area contributed by atoms with Gasteiger partial charge in [0.2, 0.25) is 0 Å². The van der Waals surface area contributed by atoms with Gasteiger partial charge in [0.15, 0.2) is 5.16 Å². The molecule has 1 heterocycles. The van der Waals surface area contributed by atoms with Gasteiger partial charge in [-0.3, -0.25) is 0 Å². The van der Waals surface area contributed by atoms with Crippen LogP contribution in [0.1, 0.15) is 45.1 Å². The molecule has 3 aromatic carbocycles. The zero-order valence-electron chi connectivity index (χ0n) is 19.3. The lowest BCUT2D eigenvalue weighted by molar-refractivity contribution is 0.0526. The first-order valence-electron chi connectivity index (χ1n) is 11.0. The lowest BCUT2D eigenvalue weighted by Crippen LogP contribution is -2.05. The van der Waals surface area contributed by atoms with Crippen molar-refractivity contribution in [2.45, 2.75) is 45.1 Å². The number of carbonyl (C=O) groups excluding carboxylic acids is 1. The molecular formula is C27H27FN2O2S. The molecule has 0 radical (unpaired) electrons. The molecule has 0 saturated heterocycles. The summed E-state index contributed by atoms with van der Waals surface area (Å²) in [6.07, 6.45) is 0. The number of benzene rings is 3. The van der Waals surface area contributed by atoms with E-state index in [1.807, 2.05) is 12.1 Å². The standard InChI is InChI=1S/C27H27FN2O2S/c1-5-32-26(31)21-9-10-25-24(14-21)29-27(30(25)15-20-7-6-8-22(28)13-20)33-16-23-18(3)11-17(2)12-19(23)4/h6-14H,5,15-16H2,1-4H3. The van der Waals surface area contributed by atoms with Crippen LogP contribution in [0, 0.1) is 26.6 Å². The molecule has 0 aliphatic carbocycles. The molecule has 4 nitrogen and oxygen atoms in total. The van der Waals surface area contributed by atoms with Crippen molar-refractivity contribution in [2.24, 2.45) is 0 Å². The van der Waals surface area contributed by atoms with E-state index in [-0.39, 0.29) is 11.8 Å². The van der Waals surface area contributed by atoms with Crippen LogP contribution in [-0.4, -0.2) is 22.1 Å². The lowest BCUT2D eigenvalue weighted by atomic mass is 10.0. The summed E-state index contributed by atoms with van der Waals surface area (Å²) < 4.78 is 21.1. The highest BCUT2D eigenvalue weighted by Crippen LogP contribution is 2.31. The van der Waals surface area contributed by atoms with E-state index < -0.39 is 0 Å². The number of aryl methyl sites for hydroxylation is 3. The number of fused-ring (bicyclic) bond motifs is 1. The number of aromatic nitrogens is 2. The van der Waals surface area contributed by atoms with Crippen LogP contribution in [0.25, 0.3) is 11.0 Å². The summed E-state index contributed by atoms with van der Waals surface area (Å²) in [5.74, 6) is 0.149. The van der Waals surface area contributed by atoms with Crippen molar-refractivity contribution in [3.63, 3.8) is 0 Å². The van der Waals surface area contributed by atoms with Crippen molar-refractivity contribution >= 4 is 28.8 Å². The molecule has 0 amide bonds. The molecule has 0 atom stereocenters. The van der Waals surface area contributed by atoms with Crippen molar-refractivity contribution in [3.05, 3.63) is 93.8 Å². The van der Waals surface area contributed by atoms with Crippen LogP contribution in [0.15, 0.2) is 59.8 Å². The molecular weight excluding hydrogens is 435 g/mol. The van der Waals surface area contributed by atoms with Crippen LogP contribution in [0.5, 0.6) is 0 Å². The number of ether oxygens (including phenoxy) is 1. The van der Waals surface area contributed by atoms with Crippen molar-refractivity contribution in [3.8, 4) is 0 Å². The van der Waals surface area contributed by atoms with E-state index in [0.717, 1.165) is 27.5 Å². The maximum atomic E-state index is 13.8. The number of nitrogens with zero attached hydrogens (tertiary/aromatic N) is 2. The first-order chi connectivity index (χ1) is 15.9. The SMILES string of the molecule is CCOC(=O)c1ccc2c(c1)nc(SCc1c(C)cc(C)cc1C)n2Cc1cccc(F)c1. The molecule has 0 fully saturated rings. The fraction of sp³-hybridized carbons (Fsp3) is 0.259. The summed E-state index contributed by atoms with van der Waals surface area (Å²) >= 11 is 1.65. The number of thioether (sulfide) groups is 1. The number of halogens is 1. The Morgan fingerprint density at radius 1 is 1.06 bits per heavy atom. The Labute approximate surface area is 197 Å². The Balaban J connectivity index is 1.73. The molecule has 0 saturated carbocycles. The maximum absolute atomic E-state index is 13.8. The molecule has 0 unspecified atom stereocenters. The Morgan fingerprint density at radius 2 is 1.82 bits per heavy atom. The molecule has 0 aliphatic rings. The zero-order chi connectivity index (χ0) is 23.5. The largest absolute Gasteiger partial charge is 0.462 e. The highest BCUT2D eigenvalue weighted by atomic mass is 32.2. The van der Waals surface area contributed by atoms with Gasteiger partial charge < -0.3 is 9.30 Å². The number of imidazole rings is 1. The topological polar surface area (TPSA) is 44.1 Å². The van der Waals surface area contributed by atoms with Crippen LogP contribution < -0.4 is 0 Å². The zero-order valence-corrected chi connectivity index (χ0v) is 20.1. The molecule has 0 N–H and O–H groups in total. The number of rotatable bonds is 7. The summed E-state index contributed by atoms with van der Waals surface area (Å²) in [5.41, 5.74) is 8.01. The van der Waals surface area contributed by atoms with Crippen molar-refractivity contribution < 1.29 is 13.9 Å². The Morgan fingerprint density at radius 3 is 2.52 bits per heavy atom. The van der Waals surface area contributed by atoms with Crippen LogP contribution in [0.2, 0.25) is 0 Å². The molecule has 4 aromatic rings. The van der Waals surface area contributed by atoms with Crippen molar-refractivity contribution in [1.82, 2.24) is 9.55 Å². The Hall–Kier alpha value is -3.12. The van der Waals surface area contributed by atoms with Crippen LogP contribution in [0.3, 0.4) is 0 Å². The molecule has 0 aliphatic heterocycles. The molecule has 4 rings (SSSR count). The predicted molar refractivity (Wildman–Crippen MR) is 131 cm³/mol. The highest BCUT2D eigenvalue weighted by molar-refractivity contribution is 7.98. The number of hydrogen-bond acceptors (Lipinski definition) is 4. The van der Waals surface area contributed by atoms with Crippen LogP contribution in [-0.2, 0) is 17.0 Å². The molecule has 0 bridgehead atoms. The van der Waals surface area contributed by atoms with E-state index in [1.54, 1.807) is 43.0 Å². The summed E-state index contributed by atoms with van der Waals surface area (Å²) in [6, 6.07) is 16.4. The van der Waals surface area contributed by atoms with E-state index in [0.29, 0.717) is 18.7 Å². The summed E-state index contributed by atoms with van der Waals surface area (Å²) in [6.45, 7) is 8.97. The summed E-state index contributed by atoms with van der Waals surface area (Å²) in [5, 5.41) is 0.828. The minimum Gasteiger partial charge on any atom is -0.462 e. The van der Waals surface area contributed by atoms with Gasteiger partial charge in [-0.05, 0) is 80.3 Å². The van der Waals surface area contributed by atoms with Gasteiger partial charge in [0.05, 0.1) is 29.7 Å². The van der Waals surface area contributed by atoms with Gasteiger partial charge in [0, 0.05) is 5.75 Å². The highest BCUT2D eigenvalue weighted by Gasteiger charge is 2.16. The minimum absolute atomic E-state index is 0.262.